The maximum absolute atomic E-state index is 2.19. The van der Waals surface area contributed by atoms with Crippen molar-refractivity contribution in [3.05, 3.63) is 30.3 Å². The monoisotopic (exact) mass is 137 g/mol. The SMILES string of the molecule is CC[P-]c1ccccc1. The molecule has 1 heteroatoms. The van der Waals surface area contributed by atoms with Crippen molar-refractivity contribution in [2.75, 3.05) is 6.16 Å². The zero-order valence-corrected chi connectivity index (χ0v) is 6.44. The van der Waals surface area contributed by atoms with Crippen molar-refractivity contribution >= 4 is 13.9 Å². The molecule has 0 aromatic heterocycles. The Morgan fingerprint density at radius 3 is 2.44 bits per heavy atom. The van der Waals surface area contributed by atoms with Gasteiger partial charge in [-0.1, -0.05) is 37.3 Å². The van der Waals surface area contributed by atoms with Crippen molar-refractivity contribution in [1.82, 2.24) is 0 Å². The maximum atomic E-state index is 2.19. The molecule has 1 aromatic carbocycles. The Bertz CT molecular complexity index is 157. The minimum absolute atomic E-state index is 1.21. The Kier molecular flexibility index (Phi) is 2.73. The Balaban J connectivity index is 2.61. The minimum Gasteiger partial charge on any atom is -0.506 e. The summed E-state index contributed by atoms with van der Waals surface area (Å²) in [5, 5.41) is 1.42. The van der Waals surface area contributed by atoms with Gasteiger partial charge >= 0.3 is 0 Å². The van der Waals surface area contributed by atoms with Crippen LogP contribution in [0.2, 0.25) is 0 Å². The highest BCUT2D eigenvalue weighted by Crippen LogP contribution is 2.06. The average Bonchev–Trinajstić information content (AvgIpc) is 1.91. The first-order valence-corrected chi connectivity index (χ1v) is 4.24. The van der Waals surface area contributed by atoms with E-state index in [1.807, 2.05) is 0 Å². The van der Waals surface area contributed by atoms with E-state index in [2.05, 4.69) is 37.3 Å². The maximum Gasteiger partial charge on any atom is -0.0624 e. The molecule has 0 saturated carbocycles. The molecular formula is C8H10P-. The van der Waals surface area contributed by atoms with Gasteiger partial charge in [-0.25, -0.2) is 5.30 Å². The summed E-state index contributed by atoms with van der Waals surface area (Å²) in [6, 6.07) is 10.5. The molecule has 0 N–H and O–H groups in total. The Morgan fingerprint density at radius 1 is 1.22 bits per heavy atom. The summed E-state index contributed by atoms with van der Waals surface area (Å²) in [5.41, 5.74) is 0. The van der Waals surface area contributed by atoms with Gasteiger partial charge in [-0.15, -0.1) is 0 Å². The second-order valence-electron chi connectivity index (χ2n) is 1.81. The molecule has 0 spiro atoms. The zero-order chi connectivity index (χ0) is 6.53. The van der Waals surface area contributed by atoms with Crippen molar-refractivity contribution in [2.24, 2.45) is 0 Å². The minimum atomic E-state index is 1.21. The first-order valence-electron chi connectivity index (χ1n) is 3.16. The van der Waals surface area contributed by atoms with Crippen LogP contribution >= 0.6 is 8.58 Å². The number of benzene rings is 1. The average molecular weight is 137 g/mol. The van der Waals surface area contributed by atoms with Gasteiger partial charge in [0.2, 0.25) is 0 Å². The van der Waals surface area contributed by atoms with Crippen LogP contribution in [0, 0.1) is 0 Å². The van der Waals surface area contributed by atoms with Gasteiger partial charge in [0, 0.05) is 0 Å². The van der Waals surface area contributed by atoms with E-state index in [0.29, 0.717) is 0 Å². The number of rotatable bonds is 2. The van der Waals surface area contributed by atoms with E-state index in [1.165, 1.54) is 20.0 Å². The zero-order valence-electron chi connectivity index (χ0n) is 5.54. The van der Waals surface area contributed by atoms with Crippen LogP contribution in [-0.2, 0) is 0 Å². The van der Waals surface area contributed by atoms with Gasteiger partial charge in [-0.3, -0.25) is 0 Å². The summed E-state index contributed by atoms with van der Waals surface area (Å²) < 4.78 is 0. The van der Waals surface area contributed by atoms with E-state index < -0.39 is 0 Å². The largest absolute Gasteiger partial charge is 0.506 e. The Morgan fingerprint density at radius 2 is 1.89 bits per heavy atom. The molecule has 0 atom stereocenters. The van der Waals surface area contributed by atoms with Crippen LogP contribution in [0.4, 0.5) is 0 Å². The fourth-order valence-corrected chi connectivity index (χ4v) is 1.46. The third-order valence-electron chi connectivity index (χ3n) is 1.10. The highest BCUT2D eigenvalue weighted by Gasteiger charge is 1.70. The van der Waals surface area contributed by atoms with E-state index in [1.54, 1.807) is 0 Å². The molecule has 48 valence electrons. The van der Waals surface area contributed by atoms with E-state index in [9.17, 15) is 0 Å². The third-order valence-corrected chi connectivity index (χ3v) is 2.08. The summed E-state index contributed by atoms with van der Waals surface area (Å²) in [6.45, 7) is 2.19. The lowest BCUT2D eigenvalue weighted by Crippen LogP contribution is -1.90. The van der Waals surface area contributed by atoms with Gasteiger partial charge < -0.3 is 8.58 Å². The molecule has 9 heavy (non-hydrogen) atoms. The molecule has 0 aliphatic carbocycles. The predicted molar refractivity (Wildman–Crippen MR) is 43.5 cm³/mol. The van der Waals surface area contributed by atoms with E-state index >= 15 is 0 Å². The molecule has 0 unspecified atom stereocenters. The van der Waals surface area contributed by atoms with Crippen LogP contribution in [0.3, 0.4) is 0 Å². The molecule has 0 fully saturated rings. The van der Waals surface area contributed by atoms with Gasteiger partial charge in [0.05, 0.1) is 0 Å². The molecule has 1 rings (SSSR count). The molecule has 0 nitrogen and oxygen atoms in total. The first kappa shape index (κ1) is 6.77. The summed E-state index contributed by atoms with van der Waals surface area (Å²) in [6.07, 6.45) is 1.21. The molecule has 0 heterocycles. The topological polar surface area (TPSA) is 0 Å². The van der Waals surface area contributed by atoms with Gasteiger partial charge in [0.25, 0.3) is 0 Å². The van der Waals surface area contributed by atoms with Crippen LogP contribution in [0.1, 0.15) is 6.92 Å². The fraction of sp³-hybridized carbons (Fsp3) is 0.250. The Labute approximate surface area is 58.1 Å². The lowest BCUT2D eigenvalue weighted by Gasteiger charge is -2.13. The molecule has 0 radical (unpaired) electrons. The van der Waals surface area contributed by atoms with Crippen LogP contribution in [0.15, 0.2) is 30.3 Å². The van der Waals surface area contributed by atoms with Crippen molar-refractivity contribution in [2.45, 2.75) is 6.92 Å². The summed E-state index contributed by atoms with van der Waals surface area (Å²) in [7, 11) is 1.43. The number of hydrogen-bond acceptors (Lipinski definition) is 0. The highest BCUT2D eigenvalue weighted by atomic mass is 31.1. The van der Waals surface area contributed by atoms with Crippen molar-refractivity contribution in [1.29, 1.82) is 0 Å². The highest BCUT2D eigenvalue weighted by molar-refractivity contribution is 7.47. The van der Waals surface area contributed by atoms with Gasteiger partial charge in [-0.05, 0) is 0 Å². The van der Waals surface area contributed by atoms with E-state index in [4.69, 9.17) is 0 Å². The quantitative estimate of drug-likeness (QED) is 0.548. The molecular weight excluding hydrogens is 127 g/mol. The van der Waals surface area contributed by atoms with Crippen LogP contribution in [0.5, 0.6) is 0 Å². The normalized spacial score (nSPS) is 10.8. The summed E-state index contributed by atoms with van der Waals surface area (Å²) in [4.78, 5) is 0. The van der Waals surface area contributed by atoms with E-state index in [-0.39, 0.29) is 0 Å². The van der Waals surface area contributed by atoms with Gasteiger partial charge in [0.15, 0.2) is 0 Å². The van der Waals surface area contributed by atoms with Crippen molar-refractivity contribution in [3.63, 3.8) is 0 Å². The molecule has 0 aliphatic rings. The molecule has 1 aromatic rings. The second-order valence-corrected chi connectivity index (χ2v) is 3.27. The van der Waals surface area contributed by atoms with Crippen molar-refractivity contribution < 1.29 is 0 Å². The smallest absolute Gasteiger partial charge is 0.0624 e. The van der Waals surface area contributed by atoms with Gasteiger partial charge in [-0.2, -0.15) is 6.16 Å². The number of hydrogen-bond donors (Lipinski definition) is 0. The molecule has 0 bridgehead atoms. The van der Waals surface area contributed by atoms with Crippen LogP contribution in [0.25, 0.3) is 0 Å². The Hall–Kier alpha value is -0.350. The van der Waals surface area contributed by atoms with Crippen LogP contribution in [-0.4, -0.2) is 6.16 Å². The molecule has 0 aliphatic heterocycles. The molecule has 0 amide bonds. The standard InChI is InChI=1S/C8H10P/c1-2-9-8-6-4-3-5-7-8/h3-7H,2H2,1H3/q-1. The lowest BCUT2D eigenvalue weighted by atomic mass is 10.4. The third kappa shape index (κ3) is 2.15. The van der Waals surface area contributed by atoms with Crippen LogP contribution < -0.4 is 5.30 Å². The summed E-state index contributed by atoms with van der Waals surface area (Å²) >= 11 is 0. The fourth-order valence-electron chi connectivity index (χ4n) is 0.716. The summed E-state index contributed by atoms with van der Waals surface area (Å²) in [5.74, 6) is 0. The van der Waals surface area contributed by atoms with Crippen molar-refractivity contribution in [3.8, 4) is 0 Å². The van der Waals surface area contributed by atoms with Gasteiger partial charge in [0.1, 0.15) is 0 Å². The lowest BCUT2D eigenvalue weighted by molar-refractivity contribution is 1.52. The van der Waals surface area contributed by atoms with E-state index in [0.717, 1.165) is 0 Å². The molecule has 0 saturated heterocycles. The first-order chi connectivity index (χ1) is 4.43. The second kappa shape index (κ2) is 3.63. The predicted octanol–water partition coefficient (Wildman–Crippen LogP) is 2.28.